The van der Waals surface area contributed by atoms with Gasteiger partial charge < -0.3 is 10.4 Å². The van der Waals surface area contributed by atoms with Crippen LogP contribution in [0.1, 0.15) is 30.9 Å². The number of nitrogens with one attached hydrogen (secondary N) is 1. The first kappa shape index (κ1) is 18.8. The maximum Gasteiger partial charge on any atom is 0.238 e. The summed E-state index contributed by atoms with van der Waals surface area (Å²) >= 11 is 0. The minimum Gasteiger partial charge on any atom is -0.387 e. The summed E-state index contributed by atoms with van der Waals surface area (Å²) < 4.78 is 50.7. The van der Waals surface area contributed by atoms with Gasteiger partial charge in [-0.3, -0.25) is 4.79 Å². The fraction of sp³-hybridized carbons (Fsp3) is 0.533. The molecule has 0 bridgehead atoms. The minimum atomic E-state index is -3.50. The summed E-state index contributed by atoms with van der Waals surface area (Å²) in [6.45, 7) is 0.0562. The lowest BCUT2D eigenvalue weighted by Gasteiger charge is -2.32. The van der Waals surface area contributed by atoms with Gasteiger partial charge in [0.15, 0.2) is 11.6 Å². The highest BCUT2D eigenvalue weighted by atomic mass is 32.2. The molecule has 0 unspecified atom stereocenters. The van der Waals surface area contributed by atoms with Gasteiger partial charge in [0, 0.05) is 13.1 Å². The molecular formula is C15H20F2N2O4S. The van der Waals surface area contributed by atoms with Crippen molar-refractivity contribution in [2.24, 2.45) is 0 Å². The fourth-order valence-corrected chi connectivity index (χ4v) is 3.84. The van der Waals surface area contributed by atoms with Crippen molar-refractivity contribution in [2.75, 3.05) is 19.3 Å². The first-order valence-electron chi connectivity index (χ1n) is 7.57. The molecule has 2 atom stereocenters. The predicted molar refractivity (Wildman–Crippen MR) is 83.5 cm³/mol. The molecule has 6 nitrogen and oxygen atoms in total. The molecular weight excluding hydrogens is 342 g/mol. The summed E-state index contributed by atoms with van der Waals surface area (Å²) in [5, 5.41) is 12.4. The first-order valence-corrected chi connectivity index (χ1v) is 9.42. The Labute approximate surface area is 139 Å². The molecule has 1 amide bonds. The standard InChI is InChI=1S/C15H20F2N2O4S/c1-24(22,23)19-7-3-2-4-13(19)15(21)18-9-14(20)10-5-6-11(16)12(17)8-10/h5-6,8,13-14,20H,2-4,7,9H2,1H3,(H,18,21)/t13-,14+/m1/s1. The SMILES string of the molecule is CS(=O)(=O)N1CCCC[C@@H]1C(=O)NC[C@H](O)c1ccc(F)c(F)c1. The van der Waals surface area contributed by atoms with Crippen LogP contribution in [0, 0.1) is 11.6 Å². The van der Waals surface area contributed by atoms with Crippen molar-refractivity contribution in [3.63, 3.8) is 0 Å². The highest BCUT2D eigenvalue weighted by molar-refractivity contribution is 7.88. The van der Waals surface area contributed by atoms with Gasteiger partial charge in [-0.05, 0) is 30.5 Å². The third kappa shape index (κ3) is 4.49. The second kappa shape index (κ2) is 7.54. The number of nitrogens with zero attached hydrogens (tertiary/aromatic N) is 1. The quantitative estimate of drug-likeness (QED) is 0.816. The third-order valence-electron chi connectivity index (χ3n) is 3.98. The van der Waals surface area contributed by atoms with Gasteiger partial charge in [-0.1, -0.05) is 12.5 Å². The van der Waals surface area contributed by atoms with Crippen molar-refractivity contribution in [2.45, 2.75) is 31.4 Å². The number of piperidine rings is 1. The van der Waals surface area contributed by atoms with Crippen molar-refractivity contribution in [1.29, 1.82) is 0 Å². The summed E-state index contributed by atoms with van der Waals surface area (Å²) in [5.41, 5.74) is 0.123. The monoisotopic (exact) mass is 362 g/mol. The van der Waals surface area contributed by atoms with Crippen molar-refractivity contribution in [1.82, 2.24) is 9.62 Å². The van der Waals surface area contributed by atoms with E-state index in [1.54, 1.807) is 0 Å². The predicted octanol–water partition coefficient (Wildman–Crippen LogP) is 0.929. The lowest BCUT2D eigenvalue weighted by atomic mass is 10.0. The second-order valence-corrected chi connectivity index (χ2v) is 7.75. The molecule has 1 aromatic carbocycles. The highest BCUT2D eigenvalue weighted by Crippen LogP contribution is 2.20. The van der Waals surface area contributed by atoms with E-state index in [0.29, 0.717) is 12.8 Å². The molecule has 134 valence electrons. The molecule has 1 saturated heterocycles. The normalized spacial score (nSPS) is 20.6. The van der Waals surface area contributed by atoms with Crippen LogP contribution in [0.3, 0.4) is 0 Å². The lowest BCUT2D eigenvalue weighted by Crippen LogP contribution is -2.52. The van der Waals surface area contributed by atoms with E-state index in [2.05, 4.69) is 5.32 Å². The molecule has 2 rings (SSSR count). The Kier molecular flexibility index (Phi) is 5.89. The number of aliphatic hydroxyl groups excluding tert-OH is 1. The van der Waals surface area contributed by atoms with Gasteiger partial charge in [-0.15, -0.1) is 0 Å². The summed E-state index contributed by atoms with van der Waals surface area (Å²) in [4.78, 5) is 12.2. The van der Waals surface area contributed by atoms with Crippen LogP contribution in [-0.4, -0.2) is 49.1 Å². The zero-order chi connectivity index (χ0) is 17.9. The Morgan fingerprint density at radius 3 is 2.71 bits per heavy atom. The van der Waals surface area contributed by atoms with Gasteiger partial charge in [0.25, 0.3) is 0 Å². The Morgan fingerprint density at radius 2 is 2.08 bits per heavy atom. The van der Waals surface area contributed by atoms with Gasteiger partial charge in [0.1, 0.15) is 6.04 Å². The van der Waals surface area contributed by atoms with E-state index in [9.17, 15) is 27.1 Å². The topological polar surface area (TPSA) is 86.7 Å². The average Bonchev–Trinajstić information content (AvgIpc) is 2.54. The van der Waals surface area contributed by atoms with Crippen LogP contribution in [0.5, 0.6) is 0 Å². The number of aliphatic hydroxyl groups is 1. The zero-order valence-electron chi connectivity index (χ0n) is 13.2. The number of hydrogen-bond donors (Lipinski definition) is 2. The molecule has 24 heavy (non-hydrogen) atoms. The van der Waals surface area contributed by atoms with Gasteiger partial charge in [-0.2, -0.15) is 4.31 Å². The first-order chi connectivity index (χ1) is 11.2. The van der Waals surface area contributed by atoms with Crippen LogP contribution in [0.15, 0.2) is 18.2 Å². The van der Waals surface area contributed by atoms with Crippen LogP contribution in [-0.2, 0) is 14.8 Å². The molecule has 2 N–H and O–H groups in total. The summed E-state index contributed by atoms with van der Waals surface area (Å²) in [7, 11) is -3.50. The zero-order valence-corrected chi connectivity index (χ0v) is 14.0. The molecule has 0 aromatic heterocycles. The lowest BCUT2D eigenvalue weighted by molar-refractivity contribution is -0.126. The molecule has 0 aliphatic carbocycles. The second-order valence-electron chi connectivity index (χ2n) is 5.82. The van der Waals surface area contributed by atoms with Gasteiger partial charge in [-0.25, -0.2) is 17.2 Å². The van der Waals surface area contributed by atoms with Crippen molar-refractivity contribution >= 4 is 15.9 Å². The van der Waals surface area contributed by atoms with Crippen LogP contribution in [0.4, 0.5) is 8.78 Å². The number of carbonyl (C=O) groups excluding carboxylic acids is 1. The molecule has 0 radical (unpaired) electrons. The minimum absolute atomic E-state index is 0.123. The molecule has 1 aliphatic rings. The van der Waals surface area contributed by atoms with Crippen LogP contribution < -0.4 is 5.32 Å². The summed E-state index contributed by atoms with van der Waals surface area (Å²) in [6.07, 6.45) is 1.65. The Bertz CT molecular complexity index is 711. The smallest absolute Gasteiger partial charge is 0.238 e. The fourth-order valence-electron chi connectivity index (χ4n) is 2.72. The Balaban J connectivity index is 1.99. The van der Waals surface area contributed by atoms with Crippen molar-refractivity contribution in [3.05, 3.63) is 35.4 Å². The number of sulfonamides is 1. The number of hydrogen-bond acceptors (Lipinski definition) is 4. The van der Waals surface area contributed by atoms with E-state index in [0.717, 1.165) is 29.1 Å². The van der Waals surface area contributed by atoms with Crippen LogP contribution in [0.2, 0.25) is 0 Å². The van der Waals surface area contributed by atoms with E-state index in [1.165, 1.54) is 6.07 Å². The van der Waals surface area contributed by atoms with Crippen LogP contribution in [0.25, 0.3) is 0 Å². The number of amides is 1. The van der Waals surface area contributed by atoms with E-state index < -0.39 is 39.7 Å². The van der Waals surface area contributed by atoms with Crippen molar-refractivity contribution in [3.8, 4) is 0 Å². The Morgan fingerprint density at radius 1 is 1.38 bits per heavy atom. The molecule has 0 saturated carbocycles. The van der Waals surface area contributed by atoms with Gasteiger partial charge >= 0.3 is 0 Å². The van der Waals surface area contributed by atoms with E-state index in [1.807, 2.05) is 0 Å². The van der Waals surface area contributed by atoms with Crippen LogP contribution >= 0.6 is 0 Å². The molecule has 1 aliphatic heterocycles. The molecule has 1 heterocycles. The molecule has 1 fully saturated rings. The van der Waals surface area contributed by atoms with E-state index in [4.69, 9.17) is 0 Å². The number of rotatable bonds is 5. The van der Waals surface area contributed by atoms with E-state index in [-0.39, 0.29) is 18.7 Å². The number of benzene rings is 1. The summed E-state index contributed by atoms with van der Waals surface area (Å²) in [5.74, 6) is -2.63. The van der Waals surface area contributed by atoms with Gasteiger partial charge in [0.05, 0.1) is 12.4 Å². The third-order valence-corrected chi connectivity index (χ3v) is 5.27. The number of halogens is 2. The largest absolute Gasteiger partial charge is 0.387 e. The molecule has 0 spiro atoms. The van der Waals surface area contributed by atoms with E-state index >= 15 is 0 Å². The highest BCUT2D eigenvalue weighted by Gasteiger charge is 2.34. The average molecular weight is 362 g/mol. The maximum atomic E-state index is 13.2. The Hall–Kier alpha value is -1.58. The van der Waals surface area contributed by atoms with Crippen molar-refractivity contribution < 1.29 is 27.1 Å². The number of carbonyl (C=O) groups is 1. The molecule has 1 aromatic rings. The summed E-state index contributed by atoms with van der Waals surface area (Å²) in [6, 6.07) is 2.15. The van der Waals surface area contributed by atoms with Gasteiger partial charge in [0.2, 0.25) is 15.9 Å². The maximum absolute atomic E-state index is 13.2. The molecule has 9 heteroatoms.